The number of amides is 1. The number of hydrogen-bond acceptors (Lipinski definition) is 4. The third-order valence-corrected chi connectivity index (χ3v) is 6.37. The number of hydrogen-bond donors (Lipinski definition) is 0. The molecule has 31 heavy (non-hydrogen) atoms. The second-order valence-corrected chi connectivity index (χ2v) is 8.72. The molecule has 0 bridgehead atoms. The average molecular weight is 433 g/mol. The predicted octanol–water partition coefficient (Wildman–Crippen LogP) is 4.47. The molecular formula is C24H21FN4OS. The van der Waals surface area contributed by atoms with Crippen LogP contribution in [-0.4, -0.2) is 50.2 Å². The smallest absolute Gasteiger partial charge is 0.254 e. The first kappa shape index (κ1) is 19.8. The van der Waals surface area contributed by atoms with Crippen molar-refractivity contribution in [1.82, 2.24) is 19.7 Å². The summed E-state index contributed by atoms with van der Waals surface area (Å²) in [7, 11) is 0. The summed E-state index contributed by atoms with van der Waals surface area (Å²) in [5.41, 5.74) is 3.69. The maximum absolute atomic E-state index is 13.7. The largest absolute Gasteiger partial charge is 0.337 e. The second-order valence-electron chi connectivity index (χ2n) is 7.50. The van der Waals surface area contributed by atoms with Gasteiger partial charge in [-0.2, -0.15) is 16.9 Å². The van der Waals surface area contributed by atoms with Gasteiger partial charge in [-0.3, -0.25) is 4.79 Å². The Morgan fingerprint density at radius 1 is 1.03 bits per heavy atom. The fourth-order valence-electron chi connectivity index (χ4n) is 3.84. The molecule has 5 nitrogen and oxygen atoms in total. The lowest BCUT2D eigenvalue weighted by molar-refractivity contribution is 0.0774. The van der Waals surface area contributed by atoms with Gasteiger partial charge in [0.25, 0.3) is 5.91 Å². The molecule has 5 rings (SSSR count). The molecule has 4 aromatic rings. The first-order valence-electron chi connectivity index (χ1n) is 10.2. The molecule has 1 amide bonds. The predicted molar refractivity (Wildman–Crippen MR) is 122 cm³/mol. The summed E-state index contributed by atoms with van der Waals surface area (Å²) in [6, 6.07) is 18.1. The Morgan fingerprint density at radius 3 is 2.61 bits per heavy atom. The van der Waals surface area contributed by atoms with Crippen LogP contribution < -0.4 is 0 Å². The van der Waals surface area contributed by atoms with Crippen LogP contribution in [0.2, 0.25) is 0 Å². The molecule has 0 saturated carbocycles. The van der Waals surface area contributed by atoms with E-state index in [0.717, 1.165) is 46.8 Å². The zero-order valence-corrected chi connectivity index (χ0v) is 17.7. The van der Waals surface area contributed by atoms with Crippen molar-refractivity contribution >= 4 is 28.7 Å². The lowest BCUT2D eigenvalue weighted by Gasteiger charge is -2.26. The number of pyridine rings is 1. The van der Waals surface area contributed by atoms with Crippen molar-refractivity contribution in [2.45, 2.75) is 6.54 Å². The van der Waals surface area contributed by atoms with Gasteiger partial charge >= 0.3 is 0 Å². The molecule has 0 N–H and O–H groups in total. The molecule has 0 atom stereocenters. The summed E-state index contributed by atoms with van der Waals surface area (Å²) in [5, 5.41) is 5.22. The molecule has 0 unspecified atom stereocenters. The number of rotatable bonds is 4. The number of fused-ring (bicyclic) bond motifs is 1. The van der Waals surface area contributed by atoms with E-state index in [1.165, 1.54) is 12.1 Å². The Labute approximate surface area is 183 Å². The van der Waals surface area contributed by atoms with Gasteiger partial charge in [-0.1, -0.05) is 42.5 Å². The van der Waals surface area contributed by atoms with Crippen LogP contribution >= 0.6 is 11.8 Å². The van der Waals surface area contributed by atoms with Gasteiger partial charge in [-0.15, -0.1) is 0 Å². The van der Waals surface area contributed by atoms with Crippen molar-refractivity contribution in [1.29, 1.82) is 0 Å². The van der Waals surface area contributed by atoms with Gasteiger partial charge in [0.05, 0.1) is 29.4 Å². The molecule has 3 heterocycles. The zero-order valence-electron chi connectivity index (χ0n) is 16.9. The van der Waals surface area contributed by atoms with Gasteiger partial charge in [-0.05, 0) is 23.8 Å². The van der Waals surface area contributed by atoms with E-state index in [1.807, 2.05) is 59.1 Å². The van der Waals surface area contributed by atoms with Crippen molar-refractivity contribution in [3.05, 3.63) is 83.8 Å². The maximum Gasteiger partial charge on any atom is 0.254 e. The number of carbonyl (C=O) groups excluding carboxylic acids is 1. The number of carbonyl (C=O) groups is 1. The molecule has 1 fully saturated rings. The van der Waals surface area contributed by atoms with Crippen molar-refractivity contribution in [2.24, 2.45) is 0 Å². The van der Waals surface area contributed by atoms with Crippen LogP contribution in [0.1, 0.15) is 15.9 Å². The summed E-state index contributed by atoms with van der Waals surface area (Å²) in [6.07, 6.45) is 1.70. The minimum atomic E-state index is -0.286. The van der Waals surface area contributed by atoms with Crippen LogP contribution in [0.15, 0.2) is 66.9 Å². The zero-order chi connectivity index (χ0) is 21.2. The summed E-state index contributed by atoms with van der Waals surface area (Å²) >= 11 is 1.87. The van der Waals surface area contributed by atoms with Gasteiger partial charge in [0.2, 0.25) is 0 Å². The Balaban J connectivity index is 1.63. The van der Waals surface area contributed by atoms with Gasteiger partial charge in [0.15, 0.2) is 5.65 Å². The van der Waals surface area contributed by atoms with Crippen LogP contribution in [0.25, 0.3) is 22.3 Å². The Morgan fingerprint density at radius 2 is 1.84 bits per heavy atom. The number of benzene rings is 2. The fourth-order valence-corrected chi connectivity index (χ4v) is 4.75. The Bertz CT molecular complexity index is 1240. The van der Waals surface area contributed by atoms with Gasteiger partial charge < -0.3 is 4.90 Å². The maximum atomic E-state index is 13.7. The Hall–Kier alpha value is -3.19. The van der Waals surface area contributed by atoms with E-state index in [0.29, 0.717) is 17.8 Å². The fraction of sp³-hybridized carbons (Fsp3) is 0.208. The van der Waals surface area contributed by atoms with Crippen molar-refractivity contribution in [2.75, 3.05) is 24.6 Å². The number of halogens is 1. The van der Waals surface area contributed by atoms with E-state index in [1.54, 1.807) is 16.9 Å². The van der Waals surface area contributed by atoms with Crippen LogP contribution in [0.5, 0.6) is 0 Å². The lowest BCUT2D eigenvalue weighted by Crippen LogP contribution is -2.38. The number of aromatic nitrogens is 3. The molecule has 1 aliphatic heterocycles. The molecule has 2 aromatic heterocycles. The molecule has 0 spiro atoms. The highest BCUT2D eigenvalue weighted by atomic mass is 32.2. The highest BCUT2D eigenvalue weighted by Crippen LogP contribution is 2.27. The normalized spacial score (nSPS) is 14.2. The van der Waals surface area contributed by atoms with Gasteiger partial charge in [0.1, 0.15) is 5.82 Å². The van der Waals surface area contributed by atoms with Crippen molar-refractivity contribution < 1.29 is 9.18 Å². The molecule has 0 radical (unpaired) electrons. The second kappa shape index (κ2) is 8.51. The van der Waals surface area contributed by atoms with Crippen LogP contribution in [0, 0.1) is 5.82 Å². The first-order valence-corrected chi connectivity index (χ1v) is 11.4. The number of thioether (sulfide) groups is 1. The molecule has 7 heteroatoms. The van der Waals surface area contributed by atoms with Crippen LogP contribution in [-0.2, 0) is 6.54 Å². The van der Waals surface area contributed by atoms with E-state index in [2.05, 4.69) is 5.10 Å². The van der Waals surface area contributed by atoms with E-state index < -0.39 is 0 Å². The van der Waals surface area contributed by atoms with Crippen molar-refractivity contribution in [3.63, 3.8) is 0 Å². The SMILES string of the molecule is O=C(c1cc(-c2ccccc2)nc2c1cnn2Cc1cccc(F)c1)N1CCSCC1. The number of nitrogens with zero attached hydrogens (tertiary/aromatic N) is 4. The third-order valence-electron chi connectivity index (χ3n) is 5.43. The first-order chi connectivity index (χ1) is 15.2. The highest BCUT2D eigenvalue weighted by Gasteiger charge is 2.23. The molecule has 1 aliphatic rings. The summed E-state index contributed by atoms with van der Waals surface area (Å²) in [4.78, 5) is 20.2. The summed E-state index contributed by atoms with van der Waals surface area (Å²) < 4.78 is 15.4. The molecule has 156 valence electrons. The minimum absolute atomic E-state index is 0.00943. The summed E-state index contributed by atoms with van der Waals surface area (Å²) in [6.45, 7) is 1.86. The molecule has 2 aromatic carbocycles. The van der Waals surface area contributed by atoms with Crippen LogP contribution in [0.4, 0.5) is 4.39 Å². The van der Waals surface area contributed by atoms with E-state index in [-0.39, 0.29) is 11.7 Å². The monoisotopic (exact) mass is 432 g/mol. The van der Waals surface area contributed by atoms with Gasteiger partial charge in [0, 0.05) is 30.2 Å². The van der Waals surface area contributed by atoms with Crippen molar-refractivity contribution in [3.8, 4) is 11.3 Å². The molecule has 0 aliphatic carbocycles. The average Bonchev–Trinajstić information content (AvgIpc) is 3.22. The van der Waals surface area contributed by atoms with E-state index >= 15 is 0 Å². The molecule has 1 saturated heterocycles. The van der Waals surface area contributed by atoms with Gasteiger partial charge in [-0.25, -0.2) is 14.1 Å². The van der Waals surface area contributed by atoms with E-state index in [4.69, 9.17) is 4.98 Å². The minimum Gasteiger partial charge on any atom is -0.337 e. The summed E-state index contributed by atoms with van der Waals surface area (Å²) in [5.74, 6) is 1.62. The topological polar surface area (TPSA) is 51.0 Å². The van der Waals surface area contributed by atoms with E-state index in [9.17, 15) is 9.18 Å². The van der Waals surface area contributed by atoms with Crippen LogP contribution in [0.3, 0.4) is 0 Å². The third kappa shape index (κ3) is 4.05. The molecular weight excluding hydrogens is 411 g/mol. The lowest BCUT2D eigenvalue weighted by atomic mass is 10.1. The highest BCUT2D eigenvalue weighted by molar-refractivity contribution is 7.99. The quantitative estimate of drug-likeness (QED) is 0.477. The standard InChI is InChI=1S/C24H21FN4OS/c25-19-8-4-5-17(13-19)16-29-23-21(15-26-29)20(24(30)28-9-11-31-12-10-28)14-22(27-23)18-6-2-1-3-7-18/h1-8,13-15H,9-12,16H2. The Kier molecular flexibility index (Phi) is 5.42.